The molecule has 0 atom stereocenters. The minimum atomic E-state index is 0. The summed E-state index contributed by atoms with van der Waals surface area (Å²) in [5, 5.41) is 15.1. The highest BCUT2D eigenvalue weighted by atomic mass is 127. The average molecular weight is 503 g/mol. The molecule has 144 valence electrons. The molecule has 0 bridgehead atoms. The van der Waals surface area contributed by atoms with E-state index in [1.54, 1.807) is 23.9 Å². The zero-order chi connectivity index (χ0) is 18.4. The Morgan fingerprint density at radius 2 is 2.04 bits per heavy atom. The van der Waals surface area contributed by atoms with Crippen molar-refractivity contribution >= 4 is 41.5 Å². The van der Waals surface area contributed by atoms with Gasteiger partial charge in [-0.2, -0.15) is 10.1 Å². The first-order valence-electron chi connectivity index (χ1n) is 8.01. The molecule has 0 fully saturated rings. The van der Waals surface area contributed by atoms with Crippen molar-refractivity contribution < 1.29 is 4.52 Å². The Kier molecular flexibility index (Phi) is 7.98. The largest absolute Gasteiger partial charge is 0.356 e. The maximum absolute atomic E-state index is 5.88. The second-order valence-electron chi connectivity index (χ2n) is 5.42. The third-order valence-corrected chi connectivity index (χ3v) is 3.90. The van der Waals surface area contributed by atoms with Crippen LogP contribution < -0.4 is 10.6 Å². The van der Waals surface area contributed by atoms with Crippen molar-refractivity contribution in [3.63, 3.8) is 0 Å². The monoisotopic (exact) mass is 502 g/mol. The Hall–Kier alpha value is -2.21. The highest BCUT2D eigenvalue weighted by molar-refractivity contribution is 14.0. The number of aliphatic imine (C=N–C) groups is 1. The number of hydrogen-bond acceptors (Lipinski definition) is 6. The van der Waals surface area contributed by atoms with E-state index in [0.717, 1.165) is 11.4 Å². The molecule has 0 radical (unpaired) electrons. The first kappa shape index (κ1) is 21.1. The van der Waals surface area contributed by atoms with Crippen molar-refractivity contribution in [3.8, 4) is 11.4 Å². The SMILES string of the molecule is CN=C(NCCc1nc(-c2ccc(Cl)cc2)no1)NCc1ncnn1C.I. The molecule has 11 heteroatoms. The maximum Gasteiger partial charge on any atom is 0.228 e. The van der Waals surface area contributed by atoms with Gasteiger partial charge in [0.05, 0.1) is 6.54 Å². The lowest BCUT2D eigenvalue weighted by Crippen LogP contribution is -2.38. The first-order chi connectivity index (χ1) is 12.7. The van der Waals surface area contributed by atoms with Gasteiger partial charge in [0.15, 0.2) is 5.96 Å². The predicted molar refractivity (Wildman–Crippen MR) is 113 cm³/mol. The summed E-state index contributed by atoms with van der Waals surface area (Å²) in [4.78, 5) is 12.7. The van der Waals surface area contributed by atoms with Crippen molar-refractivity contribution in [2.24, 2.45) is 12.0 Å². The van der Waals surface area contributed by atoms with Gasteiger partial charge in [0, 0.05) is 37.6 Å². The smallest absolute Gasteiger partial charge is 0.228 e. The van der Waals surface area contributed by atoms with Gasteiger partial charge < -0.3 is 15.2 Å². The lowest BCUT2D eigenvalue weighted by atomic mass is 10.2. The normalized spacial score (nSPS) is 11.1. The van der Waals surface area contributed by atoms with Crippen LogP contribution in [0.15, 0.2) is 40.1 Å². The first-order valence-corrected chi connectivity index (χ1v) is 8.39. The van der Waals surface area contributed by atoms with Gasteiger partial charge in [-0.1, -0.05) is 16.8 Å². The summed E-state index contributed by atoms with van der Waals surface area (Å²) in [5.74, 6) is 2.57. The summed E-state index contributed by atoms with van der Waals surface area (Å²) >= 11 is 5.88. The van der Waals surface area contributed by atoms with Crippen molar-refractivity contribution in [2.75, 3.05) is 13.6 Å². The van der Waals surface area contributed by atoms with Crippen LogP contribution in [-0.4, -0.2) is 44.5 Å². The molecule has 0 aliphatic rings. The Labute approximate surface area is 178 Å². The summed E-state index contributed by atoms with van der Waals surface area (Å²) in [6.45, 7) is 1.12. The van der Waals surface area contributed by atoms with Gasteiger partial charge in [-0.05, 0) is 24.3 Å². The molecule has 9 nitrogen and oxygen atoms in total. The van der Waals surface area contributed by atoms with Crippen molar-refractivity contribution in [1.29, 1.82) is 0 Å². The van der Waals surface area contributed by atoms with Gasteiger partial charge in [0.1, 0.15) is 12.2 Å². The minimum absolute atomic E-state index is 0. The van der Waals surface area contributed by atoms with E-state index in [-0.39, 0.29) is 24.0 Å². The van der Waals surface area contributed by atoms with Crippen LogP contribution in [0.5, 0.6) is 0 Å². The molecule has 2 heterocycles. The second kappa shape index (κ2) is 10.2. The maximum atomic E-state index is 5.88. The lowest BCUT2D eigenvalue weighted by molar-refractivity contribution is 0.378. The number of nitrogens with one attached hydrogen (secondary N) is 2. The molecule has 2 aromatic heterocycles. The molecule has 3 aromatic rings. The molecule has 0 amide bonds. The summed E-state index contributed by atoms with van der Waals surface area (Å²) < 4.78 is 6.99. The van der Waals surface area contributed by atoms with Crippen LogP contribution in [0.3, 0.4) is 0 Å². The molecule has 0 unspecified atom stereocenters. The molecule has 1 aromatic carbocycles. The highest BCUT2D eigenvalue weighted by Gasteiger charge is 2.09. The minimum Gasteiger partial charge on any atom is -0.356 e. The number of rotatable bonds is 6. The molecule has 3 rings (SSSR count). The van der Waals surface area contributed by atoms with Crippen LogP contribution in [0.4, 0.5) is 0 Å². The predicted octanol–water partition coefficient (Wildman–Crippen LogP) is 2.04. The standard InChI is InChI=1S/C16H19ClN8O.HI/c1-18-16(20-9-13-21-10-22-25(13)2)19-8-7-14-23-15(24-26-14)11-3-5-12(17)6-4-11;/h3-6,10H,7-9H2,1-2H3,(H2,18,19,20);1H. The van der Waals surface area contributed by atoms with E-state index in [1.807, 2.05) is 19.2 Å². The molecule has 0 saturated carbocycles. The van der Waals surface area contributed by atoms with Crippen molar-refractivity contribution in [2.45, 2.75) is 13.0 Å². The number of nitrogens with zero attached hydrogens (tertiary/aromatic N) is 6. The number of guanidine groups is 1. The fraction of sp³-hybridized carbons (Fsp3) is 0.312. The third kappa shape index (κ3) is 5.89. The molecular weight excluding hydrogens is 483 g/mol. The van der Waals surface area contributed by atoms with Crippen molar-refractivity contribution in [3.05, 3.63) is 47.3 Å². The Balaban J connectivity index is 0.00000261. The van der Waals surface area contributed by atoms with E-state index in [0.29, 0.717) is 42.2 Å². The summed E-state index contributed by atoms with van der Waals surface area (Å²) in [6, 6.07) is 7.30. The summed E-state index contributed by atoms with van der Waals surface area (Å²) in [7, 11) is 3.55. The van der Waals surface area contributed by atoms with Crippen LogP contribution in [0, 0.1) is 0 Å². The molecule has 27 heavy (non-hydrogen) atoms. The van der Waals surface area contributed by atoms with Gasteiger partial charge in [0.2, 0.25) is 11.7 Å². The third-order valence-electron chi connectivity index (χ3n) is 3.64. The van der Waals surface area contributed by atoms with E-state index in [9.17, 15) is 0 Å². The van der Waals surface area contributed by atoms with E-state index >= 15 is 0 Å². The zero-order valence-corrected chi connectivity index (χ0v) is 18.0. The van der Waals surface area contributed by atoms with Gasteiger partial charge in [0.25, 0.3) is 0 Å². The van der Waals surface area contributed by atoms with Crippen LogP contribution >= 0.6 is 35.6 Å². The Bertz CT molecular complexity index is 877. The zero-order valence-electron chi connectivity index (χ0n) is 14.9. The molecule has 0 aliphatic heterocycles. The van der Waals surface area contributed by atoms with Gasteiger partial charge >= 0.3 is 0 Å². The van der Waals surface area contributed by atoms with Crippen molar-refractivity contribution in [1.82, 2.24) is 35.5 Å². The Morgan fingerprint density at radius 1 is 1.26 bits per heavy atom. The lowest BCUT2D eigenvalue weighted by Gasteiger charge is -2.10. The topological polar surface area (TPSA) is 106 Å². The quantitative estimate of drug-likeness (QED) is 0.302. The fourth-order valence-corrected chi connectivity index (χ4v) is 2.35. The van der Waals surface area contributed by atoms with Gasteiger partial charge in [-0.15, -0.1) is 24.0 Å². The Morgan fingerprint density at radius 3 is 2.70 bits per heavy atom. The number of aromatic nitrogens is 5. The number of benzene rings is 1. The van der Waals surface area contributed by atoms with E-state index in [2.05, 4.69) is 35.8 Å². The molecule has 2 N–H and O–H groups in total. The molecule has 0 spiro atoms. The van der Waals surface area contributed by atoms with E-state index in [1.165, 1.54) is 6.33 Å². The molecule has 0 aliphatic carbocycles. The second-order valence-corrected chi connectivity index (χ2v) is 5.86. The summed E-state index contributed by atoms with van der Waals surface area (Å²) in [6.07, 6.45) is 2.09. The molecular formula is C16H20ClIN8O. The fourth-order valence-electron chi connectivity index (χ4n) is 2.22. The van der Waals surface area contributed by atoms with E-state index < -0.39 is 0 Å². The molecule has 0 saturated heterocycles. The van der Waals surface area contributed by atoms with Crippen LogP contribution in [-0.2, 0) is 20.0 Å². The van der Waals surface area contributed by atoms with Gasteiger partial charge in [-0.25, -0.2) is 4.98 Å². The highest BCUT2D eigenvalue weighted by Crippen LogP contribution is 2.18. The van der Waals surface area contributed by atoms with Crippen LogP contribution in [0.2, 0.25) is 5.02 Å². The number of aryl methyl sites for hydroxylation is 1. The van der Waals surface area contributed by atoms with E-state index in [4.69, 9.17) is 16.1 Å². The summed E-state index contributed by atoms with van der Waals surface area (Å²) in [5.41, 5.74) is 0.860. The number of halogens is 2. The van der Waals surface area contributed by atoms with Crippen LogP contribution in [0.1, 0.15) is 11.7 Å². The van der Waals surface area contributed by atoms with Gasteiger partial charge in [-0.3, -0.25) is 9.67 Å². The average Bonchev–Trinajstić information content (AvgIpc) is 3.28. The van der Waals surface area contributed by atoms with Crippen LogP contribution in [0.25, 0.3) is 11.4 Å². The number of hydrogen-bond donors (Lipinski definition) is 2.